The van der Waals surface area contributed by atoms with Crippen LogP contribution in [0.4, 0.5) is 0 Å². The maximum atomic E-state index is 6.36. The number of nitrogens with zero attached hydrogens (tertiary/aromatic N) is 1. The van der Waals surface area contributed by atoms with E-state index in [-0.39, 0.29) is 0 Å². The Balaban J connectivity index is 2.18. The zero-order valence-corrected chi connectivity index (χ0v) is 14.2. The maximum Gasteiger partial charge on any atom is 0.0468 e. The monoisotopic (exact) mass is 314 g/mol. The molecule has 0 aliphatic carbocycles. The van der Waals surface area contributed by atoms with Crippen molar-refractivity contribution in [2.75, 3.05) is 13.6 Å². The number of hydrogen-bond donors (Lipinski definition) is 1. The lowest BCUT2D eigenvalue weighted by Crippen LogP contribution is -2.53. The topological polar surface area (TPSA) is 15.3 Å². The molecule has 1 fully saturated rings. The van der Waals surface area contributed by atoms with Crippen LogP contribution < -0.4 is 5.32 Å². The third kappa shape index (κ3) is 3.14. The summed E-state index contributed by atoms with van der Waals surface area (Å²) in [4.78, 5) is 2.55. The lowest BCUT2D eigenvalue weighted by molar-refractivity contribution is 0.0546. The highest BCUT2D eigenvalue weighted by Gasteiger charge is 2.34. The largest absolute Gasteiger partial charge is 0.317 e. The number of piperidine rings is 1. The highest BCUT2D eigenvalue weighted by molar-refractivity contribution is 6.35. The van der Waals surface area contributed by atoms with Crippen LogP contribution in [0.15, 0.2) is 18.2 Å². The molecule has 0 amide bonds. The molecule has 0 bridgehead atoms. The highest BCUT2D eigenvalue weighted by atomic mass is 35.5. The van der Waals surface area contributed by atoms with Crippen molar-refractivity contribution in [3.8, 4) is 0 Å². The van der Waals surface area contributed by atoms with E-state index in [2.05, 4.69) is 44.1 Å². The minimum Gasteiger partial charge on any atom is -0.317 e. The Morgan fingerprint density at radius 2 is 2.00 bits per heavy atom. The van der Waals surface area contributed by atoms with Crippen LogP contribution in [-0.2, 0) is 0 Å². The van der Waals surface area contributed by atoms with Crippen LogP contribution in [0.3, 0.4) is 0 Å². The first kappa shape index (κ1) is 16.1. The quantitative estimate of drug-likeness (QED) is 0.891. The van der Waals surface area contributed by atoms with Crippen molar-refractivity contribution in [2.24, 2.45) is 5.92 Å². The van der Waals surface area contributed by atoms with Gasteiger partial charge in [0.05, 0.1) is 0 Å². The van der Waals surface area contributed by atoms with Crippen LogP contribution >= 0.6 is 23.2 Å². The fraction of sp³-hybridized carbons (Fsp3) is 0.625. The van der Waals surface area contributed by atoms with E-state index in [9.17, 15) is 0 Å². The average molecular weight is 315 g/mol. The van der Waals surface area contributed by atoms with Gasteiger partial charge in [-0.15, -0.1) is 0 Å². The second-order valence-corrected chi connectivity index (χ2v) is 6.71. The van der Waals surface area contributed by atoms with Gasteiger partial charge in [-0.05, 0) is 50.9 Å². The van der Waals surface area contributed by atoms with Gasteiger partial charge in [0.15, 0.2) is 0 Å². The van der Waals surface area contributed by atoms with Crippen LogP contribution in [0.2, 0.25) is 10.0 Å². The molecule has 2 rings (SSSR count). The Morgan fingerprint density at radius 1 is 1.30 bits per heavy atom. The predicted octanol–water partition coefficient (Wildman–Crippen LogP) is 4.37. The smallest absolute Gasteiger partial charge is 0.0468 e. The minimum absolute atomic E-state index is 0.315. The molecule has 0 spiro atoms. The first-order valence-electron chi connectivity index (χ1n) is 7.33. The van der Waals surface area contributed by atoms with Crippen molar-refractivity contribution in [3.63, 3.8) is 0 Å². The van der Waals surface area contributed by atoms with Gasteiger partial charge in [0.2, 0.25) is 0 Å². The third-order valence-corrected chi connectivity index (χ3v) is 5.46. The number of likely N-dealkylation sites (tertiary alicyclic amines) is 1. The van der Waals surface area contributed by atoms with Crippen molar-refractivity contribution in [3.05, 3.63) is 33.8 Å². The van der Waals surface area contributed by atoms with E-state index in [0.29, 0.717) is 29.1 Å². The Morgan fingerprint density at radius 3 is 2.60 bits per heavy atom. The van der Waals surface area contributed by atoms with E-state index < -0.39 is 0 Å². The fourth-order valence-corrected chi connectivity index (χ4v) is 3.93. The molecule has 4 unspecified atom stereocenters. The van der Waals surface area contributed by atoms with E-state index >= 15 is 0 Å². The molecular weight excluding hydrogens is 291 g/mol. The molecule has 1 aliphatic rings. The van der Waals surface area contributed by atoms with Gasteiger partial charge in [-0.3, -0.25) is 4.90 Å². The first-order valence-corrected chi connectivity index (χ1v) is 8.09. The molecule has 1 N–H and O–H groups in total. The molecule has 1 aromatic carbocycles. The summed E-state index contributed by atoms with van der Waals surface area (Å²) in [6, 6.07) is 7.26. The summed E-state index contributed by atoms with van der Waals surface area (Å²) in [5, 5.41) is 4.89. The van der Waals surface area contributed by atoms with E-state index in [1.807, 2.05) is 12.1 Å². The molecule has 0 radical (unpaired) electrons. The Bertz CT molecular complexity index is 464. The second kappa shape index (κ2) is 6.65. The van der Waals surface area contributed by atoms with Gasteiger partial charge < -0.3 is 5.32 Å². The van der Waals surface area contributed by atoms with Gasteiger partial charge in [0.1, 0.15) is 0 Å². The van der Waals surface area contributed by atoms with Crippen LogP contribution in [0.25, 0.3) is 0 Å². The van der Waals surface area contributed by atoms with Gasteiger partial charge >= 0.3 is 0 Å². The summed E-state index contributed by atoms with van der Waals surface area (Å²) < 4.78 is 0. The van der Waals surface area contributed by atoms with Gasteiger partial charge in [0.25, 0.3) is 0 Å². The van der Waals surface area contributed by atoms with Crippen LogP contribution in [0.1, 0.15) is 38.8 Å². The summed E-state index contributed by atoms with van der Waals surface area (Å²) in [7, 11) is 2.06. The van der Waals surface area contributed by atoms with Crippen LogP contribution in [0, 0.1) is 5.92 Å². The molecule has 1 aromatic rings. The maximum absolute atomic E-state index is 6.36. The Labute approximate surface area is 132 Å². The van der Waals surface area contributed by atoms with Crippen molar-refractivity contribution < 1.29 is 0 Å². The van der Waals surface area contributed by atoms with E-state index in [4.69, 9.17) is 23.2 Å². The zero-order chi connectivity index (χ0) is 14.9. The van der Waals surface area contributed by atoms with E-state index in [1.54, 1.807) is 0 Å². The molecule has 1 aliphatic heterocycles. The molecule has 1 saturated heterocycles. The highest BCUT2D eigenvalue weighted by Crippen LogP contribution is 2.35. The fourth-order valence-electron chi connectivity index (χ4n) is 3.37. The molecule has 0 saturated carbocycles. The molecule has 112 valence electrons. The van der Waals surface area contributed by atoms with Crippen molar-refractivity contribution in [1.82, 2.24) is 10.2 Å². The van der Waals surface area contributed by atoms with Crippen molar-refractivity contribution in [2.45, 2.75) is 45.3 Å². The molecule has 0 aromatic heterocycles. The number of hydrogen-bond acceptors (Lipinski definition) is 2. The Kier molecular flexibility index (Phi) is 5.36. The molecule has 4 heteroatoms. The van der Waals surface area contributed by atoms with Gasteiger partial charge in [0, 0.05) is 34.7 Å². The summed E-state index contributed by atoms with van der Waals surface area (Å²) >= 11 is 12.4. The van der Waals surface area contributed by atoms with Crippen LogP contribution in [-0.4, -0.2) is 30.6 Å². The zero-order valence-electron chi connectivity index (χ0n) is 12.7. The number of halogens is 2. The summed E-state index contributed by atoms with van der Waals surface area (Å²) in [6.07, 6.45) is 1.18. The lowest BCUT2D eigenvalue weighted by Gasteiger charge is -2.45. The molecule has 20 heavy (non-hydrogen) atoms. The summed E-state index contributed by atoms with van der Waals surface area (Å²) in [5.41, 5.74) is 1.16. The third-order valence-electron chi connectivity index (χ3n) is 4.90. The number of benzene rings is 1. The van der Waals surface area contributed by atoms with Crippen LogP contribution in [0.5, 0.6) is 0 Å². The molecular formula is C16H24Cl2N2. The Hall–Kier alpha value is -0.280. The standard InChI is InChI=1S/C16H24Cl2N2/c1-10-11(2)20(8-7-16(10)19-4)12(3)14-6-5-13(17)9-15(14)18/h5-6,9-12,16,19H,7-8H2,1-4H3. The normalized spacial score (nSPS) is 29.4. The average Bonchev–Trinajstić information content (AvgIpc) is 2.41. The van der Waals surface area contributed by atoms with Gasteiger partial charge in [-0.25, -0.2) is 0 Å². The first-order chi connectivity index (χ1) is 9.45. The predicted molar refractivity (Wildman–Crippen MR) is 87.7 cm³/mol. The lowest BCUT2D eigenvalue weighted by atomic mass is 9.85. The van der Waals surface area contributed by atoms with E-state index in [1.165, 1.54) is 6.42 Å². The van der Waals surface area contributed by atoms with Crippen molar-refractivity contribution >= 4 is 23.2 Å². The van der Waals surface area contributed by atoms with E-state index in [0.717, 1.165) is 17.1 Å². The minimum atomic E-state index is 0.315. The number of rotatable bonds is 3. The molecule has 4 atom stereocenters. The summed E-state index contributed by atoms with van der Waals surface area (Å²) in [6.45, 7) is 7.97. The second-order valence-electron chi connectivity index (χ2n) is 5.86. The number of nitrogens with one attached hydrogen (secondary N) is 1. The summed E-state index contributed by atoms with van der Waals surface area (Å²) in [5.74, 6) is 0.627. The molecule has 2 nitrogen and oxygen atoms in total. The molecule has 1 heterocycles. The van der Waals surface area contributed by atoms with Gasteiger partial charge in [-0.2, -0.15) is 0 Å². The van der Waals surface area contributed by atoms with Crippen molar-refractivity contribution in [1.29, 1.82) is 0 Å². The van der Waals surface area contributed by atoms with Gasteiger partial charge in [-0.1, -0.05) is 36.2 Å². The SMILES string of the molecule is CNC1CCN(C(C)c2ccc(Cl)cc2Cl)C(C)C1C.